The first kappa shape index (κ1) is 18.1. The third-order valence-corrected chi connectivity index (χ3v) is 5.96. The van der Waals surface area contributed by atoms with Crippen LogP contribution in [0.5, 0.6) is 5.75 Å². The fourth-order valence-corrected chi connectivity index (χ4v) is 4.33. The van der Waals surface area contributed by atoms with Crippen LogP contribution in [0.25, 0.3) is 0 Å². The largest absolute Gasteiger partial charge is 0.497 e. The third-order valence-electron chi connectivity index (χ3n) is 4.09. The Hall–Kier alpha value is -2.74. The first-order valence-corrected chi connectivity index (χ1v) is 9.89. The van der Waals surface area contributed by atoms with Gasteiger partial charge in [-0.25, -0.2) is 13.4 Å². The van der Waals surface area contributed by atoms with Gasteiger partial charge in [0, 0.05) is 12.2 Å². The summed E-state index contributed by atoms with van der Waals surface area (Å²) in [5.74, 6) is 1.25. The Balaban J connectivity index is 1.66. The van der Waals surface area contributed by atoms with Gasteiger partial charge >= 0.3 is 0 Å². The Morgan fingerprint density at radius 3 is 2.69 bits per heavy atom. The molecule has 0 amide bonds. The molecule has 1 aliphatic rings. The van der Waals surface area contributed by atoms with E-state index in [0.29, 0.717) is 25.2 Å². The summed E-state index contributed by atoms with van der Waals surface area (Å²) in [7, 11) is -1.57. The first-order valence-electron chi connectivity index (χ1n) is 8.28. The maximum absolute atomic E-state index is 12.0. The summed E-state index contributed by atoms with van der Waals surface area (Å²) in [4.78, 5) is 4.32. The molecule has 1 saturated heterocycles. The number of anilines is 2. The summed E-state index contributed by atoms with van der Waals surface area (Å²) < 4.78 is 30.7. The Kier molecular flexibility index (Phi) is 5.32. The molecule has 138 valence electrons. The lowest BCUT2D eigenvalue weighted by Gasteiger charge is -2.17. The molecule has 1 fully saturated rings. The van der Waals surface area contributed by atoms with Gasteiger partial charge in [-0.2, -0.15) is 0 Å². The van der Waals surface area contributed by atoms with E-state index in [4.69, 9.17) is 10.5 Å². The number of hydrogen-bond donors (Lipinski definition) is 2. The van der Waals surface area contributed by atoms with Crippen molar-refractivity contribution in [1.29, 1.82) is 0 Å². The highest BCUT2D eigenvalue weighted by Gasteiger charge is 2.28. The highest BCUT2D eigenvalue weighted by atomic mass is 32.2. The normalized spacial score (nSPS) is 16.5. The number of hydrogen-bond acceptors (Lipinski definition) is 4. The molecule has 0 saturated carbocycles. The highest BCUT2D eigenvalue weighted by molar-refractivity contribution is 7.93. The lowest BCUT2D eigenvalue weighted by molar-refractivity contribution is 0.415. The van der Waals surface area contributed by atoms with Crippen molar-refractivity contribution in [2.75, 3.05) is 29.0 Å². The van der Waals surface area contributed by atoms with Crippen molar-refractivity contribution in [2.24, 2.45) is 10.7 Å². The molecule has 1 heterocycles. The fourth-order valence-electron chi connectivity index (χ4n) is 2.78. The van der Waals surface area contributed by atoms with Gasteiger partial charge in [-0.05, 0) is 48.4 Å². The van der Waals surface area contributed by atoms with E-state index in [0.717, 1.165) is 17.0 Å². The molecule has 3 rings (SSSR count). The molecule has 8 heteroatoms. The van der Waals surface area contributed by atoms with Crippen molar-refractivity contribution >= 4 is 27.4 Å². The molecular weight excluding hydrogens is 352 g/mol. The average Bonchev–Trinajstić information content (AvgIpc) is 3.00. The van der Waals surface area contributed by atoms with Gasteiger partial charge in [0.2, 0.25) is 10.0 Å². The molecular formula is C18H22N4O3S. The van der Waals surface area contributed by atoms with Crippen LogP contribution in [0.1, 0.15) is 12.0 Å². The summed E-state index contributed by atoms with van der Waals surface area (Å²) in [6, 6.07) is 14.7. The van der Waals surface area contributed by atoms with E-state index in [2.05, 4.69) is 10.3 Å². The SMILES string of the molecule is COc1ccc(NC(N)=NCc2cccc(N3CCCS3(=O)=O)c2)cc1. The van der Waals surface area contributed by atoms with Gasteiger partial charge in [-0.15, -0.1) is 0 Å². The van der Waals surface area contributed by atoms with E-state index >= 15 is 0 Å². The van der Waals surface area contributed by atoms with E-state index in [9.17, 15) is 8.42 Å². The van der Waals surface area contributed by atoms with Crippen LogP contribution in [0.3, 0.4) is 0 Å². The van der Waals surface area contributed by atoms with E-state index in [1.54, 1.807) is 13.2 Å². The monoisotopic (exact) mass is 374 g/mol. The number of sulfonamides is 1. The molecule has 0 atom stereocenters. The molecule has 0 spiro atoms. The standard InChI is InChI=1S/C18H22N4O3S/c1-25-17-8-6-15(7-9-17)21-18(19)20-13-14-4-2-5-16(12-14)22-10-3-11-26(22,23)24/h2,4-9,12H,3,10-11,13H2,1H3,(H3,19,20,21). The molecule has 0 radical (unpaired) electrons. The van der Waals surface area contributed by atoms with Gasteiger partial charge in [0.25, 0.3) is 0 Å². The number of methoxy groups -OCH3 is 1. The summed E-state index contributed by atoms with van der Waals surface area (Å²) in [5.41, 5.74) is 8.31. The van der Waals surface area contributed by atoms with E-state index in [1.807, 2.05) is 42.5 Å². The molecule has 2 aromatic carbocycles. The molecule has 7 nitrogen and oxygen atoms in total. The second-order valence-corrected chi connectivity index (χ2v) is 7.98. The Morgan fingerprint density at radius 1 is 1.27 bits per heavy atom. The van der Waals surface area contributed by atoms with E-state index in [-0.39, 0.29) is 11.7 Å². The third kappa shape index (κ3) is 4.26. The van der Waals surface area contributed by atoms with Gasteiger partial charge in [-0.1, -0.05) is 12.1 Å². The van der Waals surface area contributed by atoms with Gasteiger partial charge in [0.05, 0.1) is 25.1 Å². The molecule has 2 aromatic rings. The van der Waals surface area contributed by atoms with Crippen molar-refractivity contribution in [3.8, 4) is 5.75 Å². The summed E-state index contributed by atoms with van der Waals surface area (Å²) in [6.45, 7) is 0.882. The molecule has 1 aliphatic heterocycles. The van der Waals surface area contributed by atoms with Crippen LogP contribution in [0.2, 0.25) is 0 Å². The number of benzene rings is 2. The molecule has 0 unspecified atom stereocenters. The molecule has 0 bridgehead atoms. The zero-order valence-electron chi connectivity index (χ0n) is 14.6. The number of ether oxygens (including phenoxy) is 1. The zero-order chi connectivity index (χ0) is 18.6. The topological polar surface area (TPSA) is 97.0 Å². The maximum atomic E-state index is 12.0. The smallest absolute Gasteiger partial charge is 0.235 e. The first-order chi connectivity index (χ1) is 12.5. The molecule has 0 aliphatic carbocycles. The quantitative estimate of drug-likeness (QED) is 0.617. The van der Waals surface area contributed by atoms with Gasteiger partial charge < -0.3 is 15.8 Å². The van der Waals surface area contributed by atoms with Crippen molar-refractivity contribution in [3.63, 3.8) is 0 Å². The lowest BCUT2D eigenvalue weighted by atomic mass is 10.2. The van der Waals surface area contributed by atoms with Crippen LogP contribution in [0.4, 0.5) is 11.4 Å². The van der Waals surface area contributed by atoms with Crippen LogP contribution in [-0.4, -0.2) is 33.8 Å². The molecule has 26 heavy (non-hydrogen) atoms. The van der Waals surface area contributed by atoms with Crippen LogP contribution < -0.4 is 20.1 Å². The van der Waals surface area contributed by atoms with E-state index < -0.39 is 10.0 Å². The second kappa shape index (κ2) is 7.65. The van der Waals surface area contributed by atoms with Crippen LogP contribution in [0, 0.1) is 0 Å². The predicted molar refractivity (Wildman–Crippen MR) is 104 cm³/mol. The summed E-state index contributed by atoms with van der Waals surface area (Å²) >= 11 is 0. The Bertz CT molecular complexity index is 895. The lowest BCUT2D eigenvalue weighted by Crippen LogP contribution is -2.25. The number of rotatable bonds is 5. The Morgan fingerprint density at radius 2 is 2.04 bits per heavy atom. The average molecular weight is 374 g/mol. The minimum Gasteiger partial charge on any atom is -0.497 e. The number of nitrogens with zero attached hydrogens (tertiary/aromatic N) is 2. The number of nitrogens with one attached hydrogen (secondary N) is 1. The number of aliphatic imine (C=N–C) groups is 1. The maximum Gasteiger partial charge on any atom is 0.235 e. The van der Waals surface area contributed by atoms with Crippen LogP contribution in [0.15, 0.2) is 53.5 Å². The Labute approximate surface area is 153 Å². The minimum atomic E-state index is -3.18. The predicted octanol–water partition coefficient (Wildman–Crippen LogP) is 2.16. The van der Waals surface area contributed by atoms with Crippen LogP contribution >= 0.6 is 0 Å². The fraction of sp³-hybridized carbons (Fsp3) is 0.278. The molecule has 3 N–H and O–H groups in total. The van der Waals surface area contributed by atoms with E-state index in [1.165, 1.54) is 4.31 Å². The van der Waals surface area contributed by atoms with Crippen molar-refractivity contribution in [2.45, 2.75) is 13.0 Å². The van der Waals surface area contributed by atoms with Crippen LogP contribution in [-0.2, 0) is 16.6 Å². The summed E-state index contributed by atoms with van der Waals surface area (Å²) in [6.07, 6.45) is 0.656. The number of nitrogens with two attached hydrogens (primary N) is 1. The highest BCUT2D eigenvalue weighted by Crippen LogP contribution is 2.25. The van der Waals surface area contributed by atoms with Crippen molar-refractivity contribution in [3.05, 3.63) is 54.1 Å². The van der Waals surface area contributed by atoms with Gasteiger partial charge in [0.15, 0.2) is 5.96 Å². The minimum absolute atomic E-state index is 0.202. The van der Waals surface area contributed by atoms with Gasteiger partial charge in [-0.3, -0.25) is 4.31 Å². The van der Waals surface area contributed by atoms with Crippen molar-refractivity contribution in [1.82, 2.24) is 0 Å². The summed E-state index contributed by atoms with van der Waals surface area (Å²) in [5, 5.41) is 3.01. The van der Waals surface area contributed by atoms with Gasteiger partial charge in [0.1, 0.15) is 5.75 Å². The van der Waals surface area contributed by atoms with Crippen molar-refractivity contribution < 1.29 is 13.2 Å². The zero-order valence-corrected chi connectivity index (χ0v) is 15.4. The second-order valence-electron chi connectivity index (χ2n) is 5.97. The number of guanidine groups is 1. The molecule has 0 aromatic heterocycles.